The summed E-state index contributed by atoms with van der Waals surface area (Å²) in [5.41, 5.74) is 2.03. The fourth-order valence-electron chi connectivity index (χ4n) is 1.94. The van der Waals surface area contributed by atoms with E-state index in [9.17, 15) is 13.9 Å². The van der Waals surface area contributed by atoms with Crippen LogP contribution in [-0.2, 0) is 6.54 Å². The lowest BCUT2D eigenvalue weighted by Crippen LogP contribution is -2.17. The third kappa shape index (κ3) is 4.72. The first-order valence-corrected chi connectivity index (χ1v) is 6.60. The molecule has 112 valence electrons. The first-order chi connectivity index (χ1) is 10.0. The highest BCUT2D eigenvalue weighted by Gasteiger charge is 2.06. The number of benzene rings is 2. The maximum atomic E-state index is 12.0. The van der Waals surface area contributed by atoms with Gasteiger partial charge in [0.25, 0.3) is 0 Å². The van der Waals surface area contributed by atoms with Crippen molar-refractivity contribution in [3.05, 3.63) is 59.7 Å². The molecule has 0 heterocycles. The molecule has 0 aromatic heterocycles. The van der Waals surface area contributed by atoms with Crippen LogP contribution < -0.4 is 10.1 Å². The number of ether oxygens (including phenoxy) is 1. The molecule has 2 aromatic rings. The van der Waals surface area contributed by atoms with Crippen molar-refractivity contribution in [2.45, 2.75) is 26.1 Å². The summed E-state index contributed by atoms with van der Waals surface area (Å²) in [5.74, 6) is 0.390. The first kappa shape index (κ1) is 15.3. The topological polar surface area (TPSA) is 41.5 Å². The van der Waals surface area contributed by atoms with Crippen LogP contribution in [0.4, 0.5) is 8.78 Å². The van der Waals surface area contributed by atoms with Gasteiger partial charge in [-0.3, -0.25) is 0 Å². The predicted octanol–water partition coefficient (Wildman–Crippen LogP) is 3.84. The van der Waals surface area contributed by atoms with E-state index < -0.39 is 6.61 Å². The predicted molar refractivity (Wildman–Crippen MR) is 76.4 cm³/mol. The van der Waals surface area contributed by atoms with Crippen molar-refractivity contribution in [3.63, 3.8) is 0 Å². The summed E-state index contributed by atoms with van der Waals surface area (Å²) in [6, 6.07) is 13.6. The average molecular weight is 293 g/mol. The quantitative estimate of drug-likeness (QED) is 0.850. The Morgan fingerprint density at radius 2 is 1.67 bits per heavy atom. The van der Waals surface area contributed by atoms with Gasteiger partial charge in [-0.1, -0.05) is 24.3 Å². The molecule has 0 aliphatic heterocycles. The van der Waals surface area contributed by atoms with Crippen LogP contribution in [-0.4, -0.2) is 11.7 Å². The number of rotatable bonds is 6. The molecule has 21 heavy (non-hydrogen) atoms. The molecule has 0 spiro atoms. The van der Waals surface area contributed by atoms with Crippen LogP contribution in [0, 0.1) is 0 Å². The maximum Gasteiger partial charge on any atom is 0.387 e. The number of hydrogen-bond acceptors (Lipinski definition) is 3. The van der Waals surface area contributed by atoms with E-state index in [4.69, 9.17) is 0 Å². The number of phenolic OH excluding ortho intramolecular Hbond substituents is 1. The number of nitrogens with one attached hydrogen (secondary N) is 1. The Labute approximate surface area is 122 Å². The van der Waals surface area contributed by atoms with Crippen molar-refractivity contribution in [3.8, 4) is 11.5 Å². The minimum absolute atomic E-state index is 0.114. The largest absolute Gasteiger partial charge is 0.508 e. The molecule has 3 nitrogen and oxygen atoms in total. The summed E-state index contributed by atoms with van der Waals surface area (Å²) in [6.45, 7) is -0.180. The van der Waals surface area contributed by atoms with Crippen molar-refractivity contribution in [1.82, 2.24) is 5.32 Å². The van der Waals surface area contributed by atoms with Crippen LogP contribution in [0.1, 0.15) is 24.1 Å². The van der Waals surface area contributed by atoms with Gasteiger partial charge in [0.1, 0.15) is 11.5 Å². The van der Waals surface area contributed by atoms with Crippen molar-refractivity contribution in [1.29, 1.82) is 0 Å². The molecule has 0 saturated carbocycles. The fraction of sp³-hybridized carbons (Fsp3) is 0.250. The van der Waals surface area contributed by atoms with E-state index in [1.165, 1.54) is 12.1 Å². The molecule has 0 saturated heterocycles. The molecule has 0 amide bonds. The SMILES string of the molecule is CC(NCc1ccc(OC(F)F)cc1)c1ccc(O)cc1. The van der Waals surface area contributed by atoms with E-state index in [0.29, 0.717) is 6.54 Å². The highest BCUT2D eigenvalue weighted by molar-refractivity contribution is 5.29. The van der Waals surface area contributed by atoms with Gasteiger partial charge in [-0.25, -0.2) is 0 Å². The summed E-state index contributed by atoms with van der Waals surface area (Å²) in [7, 11) is 0. The zero-order valence-corrected chi connectivity index (χ0v) is 11.6. The van der Waals surface area contributed by atoms with Gasteiger partial charge in [0.2, 0.25) is 0 Å². The second-order valence-corrected chi connectivity index (χ2v) is 4.72. The minimum Gasteiger partial charge on any atom is -0.508 e. The smallest absolute Gasteiger partial charge is 0.387 e. The van der Waals surface area contributed by atoms with E-state index in [2.05, 4.69) is 10.1 Å². The lowest BCUT2D eigenvalue weighted by Gasteiger charge is -2.14. The van der Waals surface area contributed by atoms with E-state index in [-0.39, 0.29) is 17.5 Å². The van der Waals surface area contributed by atoms with Gasteiger partial charge in [-0.15, -0.1) is 0 Å². The van der Waals surface area contributed by atoms with Gasteiger partial charge in [-0.05, 0) is 42.3 Å². The Balaban J connectivity index is 1.88. The first-order valence-electron chi connectivity index (χ1n) is 6.60. The highest BCUT2D eigenvalue weighted by atomic mass is 19.3. The van der Waals surface area contributed by atoms with Crippen LogP contribution in [0.25, 0.3) is 0 Å². The fourth-order valence-corrected chi connectivity index (χ4v) is 1.94. The number of halogens is 2. The highest BCUT2D eigenvalue weighted by Crippen LogP contribution is 2.18. The van der Waals surface area contributed by atoms with Gasteiger partial charge in [0.05, 0.1) is 0 Å². The second kappa shape index (κ2) is 7.04. The number of aromatic hydroxyl groups is 1. The van der Waals surface area contributed by atoms with Gasteiger partial charge in [-0.2, -0.15) is 8.78 Å². The van der Waals surface area contributed by atoms with Crippen LogP contribution in [0.15, 0.2) is 48.5 Å². The summed E-state index contributed by atoms with van der Waals surface area (Å²) >= 11 is 0. The number of alkyl halides is 2. The molecule has 0 fully saturated rings. The lowest BCUT2D eigenvalue weighted by atomic mass is 10.1. The Bertz CT molecular complexity index is 555. The molecule has 1 unspecified atom stereocenters. The summed E-state index contributed by atoms with van der Waals surface area (Å²) in [6.07, 6.45) is 0. The molecule has 0 aliphatic carbocycles. The van der Waals surface area contributed by atoms with Crippen molar-refractivity contribution in [2.24, 2.45) is 0 Å². The van der Waals surface area contributed by atoms with Crippen LogP contribution in [0.2, 0.25) is 0 Å². The van der Waals surface area contributed by atoms with E-state index in [1.54, 1.807) is 24.3 Å². The second-order valence-electron chi connectivity index (χ2n) is 4.72. The van der Waals surface area contributed by atoms with E-state index in [0.717, 1.165) is 11.1 Å². The molecule has 0 aliphatic rings. The standard InChI is InChI=1S/C16H17F2NO2/c1-11(13-4-6-14(20)7-5-13)19-10-12-2-8-15(9-3-12)21-16(17)18/h2-9,11,16,19-20H,10H2,1H3. The van der Waals surface area contributed by atoms with E-state index in [1.807, 2.05) is 19.1 Å². The van der Waals surface area contributed by atoms with Gasteiger partial charge in [0.15, 0.2) is 0 Å². The molecule has 2 rings (SSSR count). The summed E-state index contributed by atoms with van der Waals surface area (Å²) in [4.78, 5) is 0. The third-order valence-electron chi connectivity index (χ3n) is 3.15. The maximum absolute atomic E-state index is 12.0. The number of hydrogen-bond donors (Lipinski definition) is 2. The van der Waals surface area contributed by atoms with Crippen molar-refractivity contribution < 1.29 is 18.6 Å². The van der Waals surface area contributed by atoms with Gasteiger partial charge >= 0.3 is 6.61 Å². The Kier molecular flexibility index (Phi) is 5.11. The molecule has 2 N–H and O–H groups in total. The number of phenols is 1. The minimum atomic E-state index is -2.80. The normalized spacial score (nSPS) is 12.4. The van der Waals surface area contributed by atoms with Crippen LogP contribution in [0.5, 0.6) is 11.5 Å². The van der Waals surface area contributed by atoms with Crippen LogP contribution in [0.3, 0.4) is 0 Å². The zero-order valence-electron chi connectivity index (χ0n) is 11.6. The monoisotopic (exact) mass is 293 g/mol. The van der Waals surface area contributed by atoms with Crippen LogP contribution >= 0.6 is 0 Å². The summed E-state index contributed by atoms with van der Waals surface area (Å²) in [5, 5.41) is 12.6. The molecule has 1 atom stereocenters. The van der Waals surface area contributed by atoms with Crippen molar-refractivity contribution in [2.75, 3.05) is 0 Å². The lowest BCUT2D eigenvalue weighted by molar-refractivity contribution is -0.0498. The average Bonchev–Trinajstić information content (AvgIpc) is 2.46. The molecule has 0 bridgehead atoms. The van der Waals surface area contributed by atoms with E-state index >= 15 is 0 Å². The molecular weight excluding hydrogens is 276 g/mol. The Morgan fingerprint density at radius 1 is 1.05 bits per heavy atom. The van der Waals surface area contributed by atoms with Crippen molar-refractivity contribution >= 4 is 0 Å². The van der Waals surface area contributed by atoms with Gasteiger partial charge in [0, 0.05) is 12.6 Å². The summed E-state index contributed by atoms with van der Waals surface area (Å²) < 4.78 is 28.4. The molecule has 5 heteroatoms. The zero-order chi connectivity index (χ0) is 15.2. The third-order valence-corrected chi connectivity index (χ3v) is 3.15. The molecule has 2 aromatic carbocycles. The molecular formula is C16H17F2NO2. The van der Waals surface area contributed by atoms with Gasteiger partial charge < -0.3 is 15.2 Å². The molecule has 0 radical (unpaired) electrons. The Morgan fingerprint density at radius 3 is 2.24 bits per heavy atom. The Hall–Kier alpha value is -2.14.